The summed E-state index contributed by atoms with van der Waals surface area (Å²) in [4.78, 5) is 9.12. The van der Waals surface area contributed by atoms with Gasteiger partial charge in [-0.15, -0.1) is 0 Å². The van der Waals surface area contributed by atoms with Gasteiger partial charge < -0.3 is 11.1 Å². The van der Waals surface area contributed by atoms with Crippen molar-refractivity contribution in [1.29, 1.82) is 0 Å². The Morgan fingerprint density at radius 1 is 1.14 bits per heavy atom. The van der Waals surface area contributed by atoms with Crippen LogP contribution in [0.1, 0.15) is 45.4 Å². The van der Waals surface area contributed by atoms with Crippen molar-refractivity contribution < 1.29 is 0 Å². The third-order valence-corrected chi connectivity index (χ3v) is 4.58. The largest absolute Gasteiger partial charge is 0.381 e. The Hall–Kier alpha value is -1.84. The van der Waals surface area contributed by atoms with Crippen molar-refractivity contribution in [3.63, 3.8) is 0 Å². The van der Waals surface area contributed by atoms with Gasteiger partial charge in [-0.1, -0.05) is 38.3 Å². The predicted octanol–water partition coefficient (Wildman–Crippen LogP) is 3.98. The number of aromatic nitrogens is 2. The first-order valence-electron chi connectivity index (χ1n) is 8.06. The fraction of sp³-hybridized carbons (Fsp3) is 0.529. The second-order valence-electron chi connectivity index (χ2n) is 6.00. The van der Waals surface area contributed by atoms with E-state index in [1.807, 2.05) is 24.3 Å². The first-order chi connectivity index (χ1) is 10.3. The summed E-state index contributed by atoms with van der Waals surface area (Å²) < 4.78 is 0. The Morgan fingerprint density at radius 3 is 2.48 bits per heavy atom. The van der Waals surface area contributed by atoms with Crippen LogP contribution in [0.15, 0.2) is 24.3 Å². The van der Waals surface area contributed by atoms with Crippen molar-refractivity contribution in [1.82, 2.24) is 9.97 Å². The molecule has 1 aromatic heterocycles. The molecule has 1 unspecified atom stereocenters. The topological polar surface area (TPSA) is 63.8 Å². The van der Waals surface area contributed by atoms with Crippen molar-refractivity contribution >= 4 is 22.7 Å². The van der Waals surface area contributed by atoms with Crippen LogP contribution in [-0.4, -0.2) is 16.0 Å². The lowest BCUT2D eigenvalue weighted by atomic mass is 9.83. The van der Waals surface area contributed by atoms with Crippen LogP contribution >= 0.6 is 0 Å². The number of rotatable bonds is 4. The van der Waals surface area contributed by atoms with Gasteiger partial charge in [0.25, 0.3) is 0 Å². The maximum absolute atomic E-state index is 6.08. The van der Waals surface area contributed by atoms with Crippen LogP contribution in [0.4, 0.5) is 11.6 Å². The number of nitrogens with one attached hydrogen (secondary N) is 1. The summed E-state index contributed by atoms with van der Waals surface area (Å²) in [5, 5.41) is 3.56. The van der Waals surface area contributed by atoms with E-state index in [4.69, 9.17) is 5.73 Å². The number of nitrogen functional groups attached to an aromatic ring is 1. The number of hydrogen-bond acceptors (Lipinski definition) is 4. The molecule has 1 fully saturated rings. The Bertz CT molecular complexity index is 605. The first-order valence-corrected chi connectivity index (χ1v) is 8.06. The molecule has 2 aromatic rings. The number of anilines is 2. The minimum absolute atomic E-state index is 0.447. The van der Waals surface area contributed by atoms with Gasteiger partial charge in [-0.2, -0.15) is 0 Å². The summed E-state index contributed by atoms with van der Waals surface area (Å²) in [6, 6.07) is 8.31. The summed E-state index contributed by atoms with van der Waals surface area (Å²) >= 11 is 0. The number of nitrogens with two attached hydrogens (primary N) is 1. The maximum atomic E-state index is 6.08. The van der Waals surface area contributed by atoms with Crippen molar-refractivity contribution in [2.45, 2.75) is 51.5 Å². The molecular formula is C17H24N4. The second kappa shape index (κ2) is 6.29. The van der Waals surface area contributed by atoms with Crippen molar-refractivity contribution in [3.8, 4) is 0 Å². The smallest absolute Gasteiger partial charge is 0.169 e. The molecular weight excluding hydrogens is 260 g/mol. The summed E-state index contributed by atoms with van der Waals surface area (Å²) in [7, 11) is 0. The monoisotopic (exact) mass is 284 g/mol. The van der Waals surface area contributed by atoms with Gasteiger partial charge in [-0.05, 0) is 37.3 Å². The highest BCUT2D eigenvalue weighted by atomic mass is 15.1. The number of hydrogen-bond donors (Lipinski definition) is 2. The molecule has 3 rings (SSSR count). The third kappa shape index (κ3) is 3.09. The molecule has 1 aromatic carbocycles. The Labute approximate surface area is 126 Å². The zero-order valence-electron chi connectivity index (χ0n) is 12.7. The Balaban J connectivity index is 1.83. The fourth-order valence-electron chi connectivity index (χ4n) is 3.39. The fourth-order valence-corrected chi connectivity index (χ4v) is 3.39. The van der Waals surface area contributed by atoms with Gasteiger partial charge >= 0.3 is 0 Å². The van der Waals surface area contributed by atoms with Gasteiger partial charge in [0.1, 0.15) is 0 Å². The molecule has 4 nitrogen and oxygen atoms in total. The highest BCUT2D eigenvalue weighted by Crippen LogP contribution is 2.30. The standard InChI is InChI=1S/C17H24N4/c1-2-13(12-8-4-3-5-9-12)20-17-16(18)19-14-10-6-7-11-15(14)21-17/h6-7,10-13H,2-5,8-9H2,1H3,(H2,18,19)(H,20,21). The highest BCUT2D eigenvalue weighted by molar-refractivity contribution is 5.79. The summed E-state index contributed by atoms with van der Waals surface area (Å²) in [6.45, 7) is 2.23. The summed E-state index contributed by atoms with van der Waals surface area (Å²) in [6.07, 6.45) is 7.80. The maximum Gasteiger partial charge on any atom is 0.169 e. The summed E-state index contributed by atoms with van der Waals surface area (Å²) in [5.74, 6) is 1.98. The number of benzene rings is 1. The van der Waals surface area contributed by atoms with E-state index in [9.17, 15) is 0 Å². The molecule has 0 bridgehead atoms. The zero-order valence-corrected chi connectivity index (χ0v) is 12.7. The van der Waals surface area contributed by atoms with Crippen molar-refractivity contribution in [2.75, 3.05) is 11.1 Å². The lowest BCUT2D eigenvalue weighted by Gasteiger charge is -2.30. The van der Waals surface area contributed by atoms with Gasteiger partial charge in [-0.3, -0.25) is 0 Å². The van der Waals surface area contributed by atoms with Gasteiger partial charge in [0.15, 0.2) is 11.6 Å². The van der Waals surface area contributed by atoms with E-state index in [2.05, 4.69) is 22.2 Å². The van der Waals surface area contributed by atoms with Crippen LogP contribution in [0.5, 0.6) is 0 Å². The lowest BCUT2D eigenvalue weighted by Crippen LogP contribution is -2.31. The molecule has 112 valence electrons. The second-order valence-corrected chi connectivity index (χ2v) is 6.00. The molecule has 4 heteroatoms. The number of nitrogens with zero attached hydrogens (tertiary/aromatic N) is 2. The molecule has 1 heterocycles. The molecule has 0 radical (unpaired) electrons. The van der Waals surface area contributed by atoms with Gasteiger partial charge in [0.2, 0.25) is 0 Å². The van der Waals surface area contributed by atoms with Crippen LogP contribution in [-0.2, 0) is 0 Å². The number of fused-ring (bicyclic) bond motifs is 1. The average molecular weight is 284 g/mol. The molecule has 1 atom stereocenters. The van der Waals surface area contributed by atoms with Crippen molar-refractivity contribution in [3.05, 3.63) is 24.3 Å². The van der Waals surface area contributed by atoms with Crippen LogP contribution in [0.3, 0.4) is 0 Å². The van der Waals surface area contributed by atoms with E-state index in [0.717, 1.165) is 29.2 Å². The van der Waals surface area contributed by atoms with Gasteiger partial charge in [-0.25, -0.2) is 9.97 Å². The van der Waals surface area contributed by atoms with Crippen LogP contribution in [0.25, 0.3) is 11.0 Å². The highest BCUT2D eigenvalue weighted by Gasteiger charge is 2.23. The van der Waals surface area contributed by atoms with Crippen LogP contribution < -0.4 is 11.1 Å². The lowest BCUT2D eigenvalue weighted by molar-refractivity contribution is 0.312. The molecule has 0 saturated heterocycles. The van der Waals surface area contributed by atoms with E-state index in [-0.39, 0.29) is 0 Å². The minimum Gasteiger partial charge on any atom is -0.381 e. The molecule has 0 amide bonds. The molecule has 3 N–H and O–H groups in total. The van der Waals surface area contributed by atoms with Crippen LogP contribution in [0.2, 0.25) is 0 Å². The number of para-hydroxylation sites is 2. The molecule has 0 spiro atoms. The predicted molar refractivity (Wildman–Crippen MR) is 88.2 cm³/mol. The first kappa shape index (κ1) is 14.1. The molecule has 0 aliphatic heterocycles. The molecule has 1 aliphatic rings. The van der Waals surface area contributed by atoms with E-state index in [0.29, 0.717) is 11.9 Å². The van der Waals surface area contributed by atoms with Crippen molar-refractivity contribution in [2.24, 2.45) is 5.92 Å². The zero-order chi connectivity index (χ0) is 14.7. The SMILES string of the molecule is CCC(Nc1nc2ccccc2nc1N)C1CCCCC1. The molecule has 21 heavy (non-hydrogen) atoms. The van der Waals surface area contributed by atoms with E-state index in [1.165, 1.54) is 32.1 Å². The van der Waals surface area contributed by atoms with E-state index >= 15 is 0 Å². The Kier molecular flexibility index (Phi) is 4.23. The van der Waals surface area contributed by atoms with Gasteiger partial charge in [0.05, 0.1) is 11.0 Å². The minimum atomic E-state index is 0.447. The normalized spacial score (nSPS) is 17.8. The third-order valence-electron chi connectivity index (χ3n) is 4.58. The molecule has 1 saturated carbocycles. The molecule has 1 aliphatic carbocycles. The van der Waals surface area contributed by atoms with E-state index in [1.54, 1.807) is 0 Å². The van der Waals surface area contributed by atoms with Crippen LogP contribution in [0, 0.1) is 5.92 Å². The quantitative estimate of drug-likeness (QED) is 0.891. The Morgan fingerprint density at radius 2 is 1.81 bits per heavy atom. The average Bonchev–Trinajstić information content (AvgIpc) is 2.53. The van der Waals surface area contributed by atoms with E-state index < -0.39 is 0 Å². The van der Waals surface area contributed by atoms with Gasteiger partial charge in [0, 0.05) is 6.04 Å². The summed E-state index contributed by atoms with van der Waals surface area (Å²) in [5.41, 5.74) is 7.83.